The number of ether oxygens (including phenoxy) is 1. The topological polar surface area (TPSA) is 52.3 Å². The Bertz CT molecular complexity index is 332. The molecule has 2 N–H and O–H groups in total. The molecule has 0 aromatic rings. The maximum absolute atomic E-state index is 11.6. The third-order valence-electron chi connectivity index (χ3n) is 6.13. The number of primary amides is 1. The maximum Gasteiger partial charge on any atom is 0.405 e. The van der Waals surface area contributed by atoms with Gasteiger partial charge in [-0.05, 0) is 38.0 Å². The molecule has 2 aliphatic carbocycles. The van der Waals surface area contributed by atoms with Crippen LogP contribution in [0.4, 0.5) is 4.79 Å². The highest BCUT2D eigenvalue weighted by atomic mass is 16.6. The van der Waals surface area contributed by atoms with Gasteiger partial charge in [-0.2, -0.15) is 0 Å². The van der Waals surface area contributed by atoms with E-state index in [2.05, 4.69) is 13.8 Å². The largest absolute Gasteiger partial charge is 0.443 e. The van der Waals surface area contributed by atoms with Crippen molar-refractivity contribution < 1.29 is 9.53 Å². The fraction of sp³-hybridized carbons (Fsp3) is 0.944. The van der Waals surface area contributed by atoms with Crippen molar-refractivity contribution >= 4 is 6.09 Å². The van der Waals surface area contributed by atoms with Gasteiger partial charge in [0, 0.05) is 5.92 Å². The van der Waals surface area contributed by atoms with E-state index in [0.29, 0.717) is 17.8 Å². The monoisotopic (exact) mass is 295 g/mol. The number of carbonyl (C=O) groups is 1. The highest BCUT2D eigenvalue weighted by Crippen LogP contribution is 2.46. The minimum Gasteiger partial charge on any atom is -0.443 e. The van der Waals surface area contributed by atoms with Crippen molar-refractivity contribution in [3.05, 3.63) is 0 Å². The Morgan fingerprint density at radius 1 is 1.10 bits per heavy atom. The lowest BCUT2D eigenvalue weighted by molar-refractivity contribution is -0.0946. The van der Waals surface area contributed by atoms with E-state index in [9.17, 15) is 4.79 Å². The van der Waals surface area contributed by atoms with Gasteiger partial charge in [-0.25, -0.2) is 4.79 Å². The molecule has 0 bridgehead atoms. The highest BCUT2D eigenvalue weighted by molar-refractivity contribution is 5.65. The second-order valence-corrected chi connectivity index (χ2v) is 7.35. The molecule has 3 heteroatoms. The first-order valence-corrected chi connectivity index (χ1v) is 9.06. The first-order chi connectivity index (χ1) is 10.1. The number of carbonyl (C=O) groups excluding carboxylic acids is 1. The SMILES string of the molecule is CCC(C1CCCCC1)C(C)(OC(N)=O)C1CCCCC1. The average molecular weight is 295 g/mol. The summed E-state index contributed by atoms with van der Waals surface area (Å²) in [7, 11) is 0. The quantitative estimate of drug-likeness (QED) is 0.773. The van der Waals surface area contributed by atoms with Crippen molar-refractivity contribution in [1.82, 2.24) is 0 Å². The minimum absolute atomic E-state index is 0.358. The van der Waals surface area contributed by atoms with Crippen molar-refractivity contribution in [2.45, 2.75) is 90.1 Å². The Hall–Kier alpha value is -0.730. The molecule has 2 aliphatic rings. The second kappa shape index (κ2) is 7.51. The zero-order valence-corrected chi connectivity index (χ0v) is 13.9. The van der Waals surface area contributed by atoms with Crippen LogP contribution in [0.15, 0.2) is 0 Å². The van der Waals surface area contributed by atoms with E-state index in [1.165, 1.54) is 64.2 Å². The van der Waals surface area contributed by atoms with E-state index < -0.39 is 6.09 Å². The van der Waals surface area contributed by atoms with Crippen LogP contribution in [-0.2, 0) is 4.74 Å². The Balaban J connectivity index is 2.19. The summed E-state index contributed by atoms with van der Waals surface area (Å²) in [5.41, 5.74) is 5.09. The van der Waals surface area contributed by atoms with Crippen LogP contribution in [0.25, 0.3) is 0 Å². The van der Waals surface area contributed by atoms with Gasteiger partial charge < -0.3 is 10.5 Å². The zero-order valence-electron chi connectivity index (χ0n) is 13.9. The van der Waals surface area contributed by atoms with Gasteiger partial charge in [0.25, 0.3) is 0 Å². The van der Waals surface area contributed by atoms with Gasteiger partial charge in [-0.15, -0.1) is 0 Å². The number of nitrogens with two attached hydrogens (primary N) is 1. The summed E-state index contributed by atoms with van der Waals surface area (Å²) in [4.78, 5) is 11.6. The van der Waals surface area contributed by atoms with Crippen molar-refractivity contribution in [3.8, 4) is 0 Å². The highest BCUT2D eigenvalue weighted by Gasteiger charge is 2.47. The summed E-state index contributed by atoms with van der Waals surface area (Å²) in [5.74, 6) is 1.66. The zero-order chi connectivity index (χ0) is 15.3. The van der Waals surface area contributed by atoms with Gasteiger partial charge in [-0.1, -0.05) is 58.3 Å². The first-order valence-electron chi connectivity index (χ1n) is 9.06. The van der Waals surface area contributed by atoms with E-state index in [4.69, 9.17) is 10.5 Å². The van der Waals surface area contributed by atoms with Crippen LogP contribution >= 0.6 is 0 Å². The molecule has 0 aromatic carbocycles. The summed E-state index contributed by atoms with van der Waals surface area (Å²) in [5, 5.41) is 0. The molecule has 2 unspecified atom stereocenters. The van der Waals surface area contributed by atoms with E-state index in [0.717, 1.165) is 6.42 Å². The first kappa shape index (κ1) is 16.6. The summed E-state index contributed by atoms with van der Waals surface area (Å²) in [6.45, 7) is 4.43. The molecule has 122 valence electrons. The van der Waals surface area contributed by atoms with Crippen LogP contribution in [0, 0.1) is 17.8 Å². The molecule has 0 aliphatic heterocycles. The lowest BCUT2D eigenvalue weighted by Gasteiger charge is -2.47. The third-order valence-corrected chi connectivity index (χ3v) is 6.13. The molecular formula is C18H33NO2. The third kappa shape index (κ3) is 3.92. The minimum atomic E-state index is -0.586. The number of amides is 1. The van der Waals surface area contributed by atoms with E-state index in [-0.39, 0.29) is 5.60 Å². The fourth-order valence-corrected chi connectivity index (χ4v) is 5.10. The number of hydrogen-bond acceptors (Lipinski definition) is 2. The average Bonchev–Trinajstić information content (AvgIpc) is 2.49. The molecule has 0 radical (unpaired) electrons. The van der Waals surface area contributed by atoms with Gasteiger partial charge in [-0.3, -0.25) is 0 Å². The lowest BCUT2D eigenvalue weighted by Crippen LogP contribution is -2.50. The van der Waals surface area contributed by atoms with Gasteiger partial charge in [0.05, 0.1) is 0 Å². The molecule has 1 amide bonds. The standard InChI is InChI=1S/C18H33NO2/c1-3-16(14-10-6-4-7-11-14)18(2,21-17(19)20)15-12-8-5-9-13-15/h14-16H,3-13H2,1-2H3,(H2,19,20). The van der Waals surface area contributed by atoms with Gasteiger partial charge in [0.2, 0.25) is 0 Å². The van der Waals surface area contributed by atoms with Crippen LogP contribution in [0.1, 0.15) is 84.5 Å². The van der Waals surface area contributed by atoms with Crippen LogP contribution < -0.4 is 5.73 Å². The second-order valence-electron chi connectivity index (χ2n) is 7.35. The van der Waals surface area contributed by atoms with Crippen LogP contribution in [0.3, 0.4) is 0 Å². The summed E-state index contributed by atoms with van der Waals surface area (Å²) >= 11 is 0. The van der Waals surface area contributed by atoms with Crippen molar-refractivity contribution in [1.29, 1.82) is 0 Å². The van der Waals surface area contributed by atoms with Crippen molar-refractivity contribution in [3.63, 3.8) is 0 Å². The molecule has 21 heavy (non-hydrogen) atoms. The van der Waals surface area contributed by atoms with E-state index in [1.807, 2.05) is 0 Å². The lowest BCUT2D eigenvalue weighted by atomic mass is 9.64. The predicted molar refractivity (Wildman–Crippen MR) is 86.0 cm³/mol. The molecule has 0 saturated heterocycles. The molecule has 0 spiro atoms. The summed E-state index contributed by atoms with van der Waals surface area (Å²) in [6, 6.07) is 0. The van der Waals surface area contributed by atoms with Gasteiger partial charge in [0.1, 0.15) is 5.60 Å². The van der Waals surface area contributed by atoms with Gasteiger partial charge in [0.15, 0.2) is 0 Å². The summed E-state index contributed by atoms with van der Waals surface area (Å²) in [6.07, 6.45) is 13.4. The summed E-state index contributed by atoms with van der Waals surface area (Å²) < 4.78 is 5.82. The smallest absolute Gasteiger partial charge is 0.405 e. The molecule has 0 aromatic heterocycles. The van der Waals surface area contributed by atoms with E-state index in [1.54, 1.807) is 0 Å². The Morgan fingerprint density at radius 3 is 2.10 bits per heavy atom. The van der Waals surface area contributed by atoms with Crippen LogP contribution in [0.2, 0.25) is 0 Å². The normalized spacial score (nSPS) is 26.0. The molecule has 2 fully saturated rings. The molecule has 2 atom stereocenters. The molecule has 3 nitrogen and oxygen atoms in total. The Labute approximate surface area is 130 Å². The van der Waals surface area contributed by atoms with Crippen molar-refractivity contribution in [2.24, 2.45) is 23.5 Å². The number of hydrogen-bond donors (Lipinski definition) is 1. The van der Waals surface area contributed by atoms with Crippen LogP contribution in [-0.4, -0.2) is 11.7 Å². The molecule has 2 rings (SSSR count). The predicted octanol–water partition coefficient (Wildman–Crippen LogP) is 5.03. The fourth-order valence-electron chi connectivity index (χ4n) is 5.10. The van der Waals surface area contributed by atoms with Crippen molar-refractivity contribution in [2.75, 3.05) is 0 Å². The number of rotatable bonds is 5. The Kier molecular flexibility index (Phi) is 5.95. The molecule has 0 heterocycles. The molecule has 2 saturated carbocycles. The van der Waals surface area contributed by atoms with Crippen LogP contribution in [0.5, 0.6) is 0 Å². The van der Waals surface area contributed by atoms with E-state index >= 15 is 0 Å². The Morgan fingerprint density at radius 2 is 1.62 bits per heavy atom. The molecular weight excluding hydrogens is 262 g/mol. The maximum atomic E-state index is 11.6. The van der Waals surface area contributed by atoms with Gasteiger partial charge >= 0.3 is 6.09 Å².